The van der Waals surface area contributed by atoms with Crippen LogP contribution in [0.3, 0.4) is 0 Å². The Morgan fingerprint density at radius 3 is 2.79 bits per heavy atom. The van der Waals surface area contributed by atoms with Crippen LogP contribution in [-0.4, -0.2) is 34.5 Å². The normalized spacial score (nSPS) is 29.0. The van der Waals surface area contributed by atoms with E-state index in [0.717, 1.165) is 38.5 Å². The summed E-state index contributed by atoms with van der Waals surface area (Å²) in [4.78, 5) is 26.3. The van der Waals surface area contributed by atoms with E-state index >= 15 is 0 Å². The number of hydrogen-bond donors (Lipinski definition) is 1. The summed E-state index contributed by atoms with van der Waals surface area (Å²) in [6, 6.07) is 8.83. The van der Waals surface area contributed by atoms with Crippen LogP contribution in [0.4, 0.5) is 0 Å². The number of carbonyl (C=O) groups is 2. The monoisotopic (exact) mass is 327 g/mol. The third-order valence-electron chi connectivity index (χ3n) is 6.16. The molecule has 4 nitrogen and oxygen atoms in total. The highest BCUT2D eigenvalue weighted by molar-refractivity contribution is 5.86. The second kappa shape index (κ2) is 5.61. The van der Waals surface area contributed by atoms with Gasteiger partial charge in [0.05, 0.1) is 5.92 Å². The van der Waals surface area contributed by atoms with Crippen LogP contribution < -0.4 is 0 Å². The first kappa shape index (κ1) is 15.7. The summed E-state index contributed by atoms with van der Waals surface area (Å²) < 4.78 is 0. The zero-order valence-corrected chi connectivity index (χ0v) is 14.2. The fraction of sp³-hybridized carbons (Fsp3) is 0.600. The molecule has 4 heteroatoms. The predicted octanol–water partition coefficient (Wildman–Crippen LogP) is 2.99. The maximum Gasteiger partial charge on any atom is 0.308 e. The van der Waals surface area contributed by atoms with Gasteiger partial charge in [-0.05, 0) is 49.7 Å². The highest BCUT2D eigenvalue weighted by atomic mass is 16.4. The molecule has 2 fully saturated rings. The van der Waals surface area contributed by atoms with E-state index in [0.29, 0.717) is 6.54 Å². The van der Waals surface area contributed by atoms with Gasteiger partial charge in [-0.1, -0.05) is 31.2 Å². The van der Waals surface area contributed by atoms with Crippen molar-refractivity contribution in [2.45, 2.75) is 56.9 Å². The zero-order chi connectivity index (χ0) is 16.9. The van der Waals surface area contributed by atoms with Crippen LogP contribution in [0.2, 0.25) is 0 Å². The molecule has 128 valence electrons. The topological polar surface area (TPSA) is 57.6 Å². The Bertz CT molecular complexity index is 681. The molecule has 2 saturated carbocycles. The molecule has 24 heavy (non-hydrogen) atoms. The molecule has 3 aliphatic carbocycles. The zero-order valence-electron chi connectivity index (χ0n) is 14.2. The van der Waals surface area contributed by atoms with Crippen molar-refractivity contribution in [3.8, 4) is 0 Å². The number of hydrogen-bond acceptors (Lipinski definition) is 2. The van der Waals surface area contributed by atoms with E-state index in [9.17, 15) is 14.7 Å². The van der Waals surface area contributed by atoms with Crippen molar-refractivity contribution in [1.29, 1.82) is 0 Å². The minimum absolute atomic E-state index is 0.0333. The molecule has 0 bridgehead atoms. The molecular formula is C20H25NO3. The molecule has 0 aliphatic heterocycles. The molecule has 4 rings (SSSR count). The maximum atomic E-state index is 13.2. The van der Waals surface area contributed by atoms with Gasteiger partial charge in [0.1, 0.15) is 0 Å². The first-order valence-electron chi connectivity index (χ1n) is 9.14. The Labute approximate surface area is 142 Å². The molecule has 1 aromatic rings. The van der Waals surface area contributed by atoms with Crippen LogP contribution in [0.5, 0.6) is 0 Å². The van der Waals surface area contributed by atoms with Gasteiger partial charge in [0.25, 0.3) is 0 Å². The predicted molar refractivity (Wildman–Crippen MR) is 90.7 cm³/mol. The highest BCUT2D eigenvalue weighted by Crippen LogP contribution is 2.61. The summed E-state index contributed by atoms with van der Waals surface area (Å²) in [5.74, 6) is -1.06. The number of carbonyl (C=O) groups excluding carboxylic acids is 1. The number of nitrogens with zero attached hydrogens (tertiary/aromatic N) is 1. The van der Waals surface area contributed by atoms with E-state index in [1.54, 1.807) is 6.92 Å². The van der Waals surface area contributed by atoms with Crippen LogP contribution in [0.1, 0.15) is 50.2 Å². The van der Waals surface area contributed by atoms with Gasteiger partial charge in [-0.2, -0.15) is 0 Å². The molecule has 1 amide bonds. The van der Waals surface area contributed by atoms with Gasteiger partial charge in [-0.3, -0.25) is 9.59 Å². The minimum atomic E-state index is -0.818. The van der Waals surface area contributed by atoms with Crippen LogP contribution in [0.15, 0.2) is 24.3 Å². The lowest BCUT2D eigenvalue weighted by atomic mass is 9.78. The fourth-order valence-corrected chi connectivity index (χ4v) is 4.53. The Kier molecular flexibility index (Phi) is 3.66. The van der Waals surface area contributed by atoms with Crippen molar-refractivity contribution >= 4 is 11.9 Å². The average Bonchev–Trinajstić information content (AvgIpc) is 3.48. The molecular weight excluding hydrogens is 302 g/mol. The Hall–Kier alpha value is -1.84. The molecule has 3 aliphatic rings. The van der Waals surface area contributed by atoms with Crippen LogP contribution >= 0.6 is 0 Å². The number of aliphatic carboxylic acids is 1. The van der Waals surface area contributed by atoms with E-state index < -0.39 is 11.9 Å². The number of fused-ring (bicyclic) bond motifs is 2. The number of carboxylic acid groups (broad SMARTS) is 1. The SMILES string of the molecule is CC(CN(C(=O)C1CC12CCCc1ccccc12)C1CC1)C(=O)O. The fourth-order valence-electron chi connectivity index (χ4n) is 4.53. The smallest absolute Gasteiger partial charge is 0.308 e. The summed E-state index contributed by atoms with van der Waals surface area (Å²) in [6.07, 6.45) is 6.33. The third kappa shape index (κ3) is 2.52. The number of benzene rings is 1. The highest BCUT2D eigenvalue weighted by Gasteiger charge is 2.61. The molecule has 0 radical (unpaired) electrons. The number of amides is 1. The van der Waals surface area contributed by atoms with Gasteiger partial charge < -0.3 is 10.0 Å². The lowest BCUT2D eigenvalue weighted by molar-refractivity contribution is -0.143. The quantitative estimate of drug-likeness (QED) is 0.904. The number of rotatable bonds is 5. The Morgan fingerprint density at radius 1 is 1.33 bits per heavy atom. The third-order valence-corrected chi connectivity index (χ3v) is 6.16. The molecule has 1 aromatic carbocycles. The number of aryl methyl sites for hydroxylation is 1. The Balaban J connectivity index is 1.55. The van der Waals surface area contributed by atoms with Gasteiger partial charge in [-0.15, -0.1) is 0 Å². The van der Waals surface area contributed by atoms with E-state index in [2.05, 4.69) is 24.3 Å². The molecule has 0 saturated heterocycles. The largest absolute Gasteiger partial charge is 0.481 e. The Morgan fingerprint density at radius 2 is 2.08 bits per heavy atom. The molecule has 1 N–H and O–H groups in total. The second-order valence-corrected chi connectivity index (χ2v) is 7.88. The van der Waals surface area contributed by atoms with Crippen molar-refractivity contribution in [3.05, 3.63) is 35.4 Å². The van der Waals surface area contributed by atoms with Crippen molar-refractivity contribution in [3.63, 3.8) is 0 Å². The van der Waals surface area contributed by atoms with E-state index in [-0.39, 0.29) is 23.3 Å². The van der Waals surface area contributed by atoms with Crippen molar-refractivity contribution in [2.75, 3.05) is 6.54 Å². The van der Waals surface area contributed by atoms with E-state index in [1.165, 1.54) is 11.1 Å². The second-order valence-electron chi connectivity index (χ2n) is 7.88. The average molecular weight is 327 g/mol. The van der Waals surface area contributed by atoms with Crippen LogP contribution in [0.25, 0.3) is 0 Å². The summed E-state index contributed by atoms with van der Waals surface area (Å²) in [5.41, 5.74) is 2.80. The van der Waals surface area contributed by atoms with Crippen molar-refractivity contribution < 1.29 is 14.7 Å². The van der Waals surface area contributed by atoms with Crippen molar-refractivity contribution in [2.24, 2.45) is 11.8 Å². The maximum absolute atomic E-state index is 13.2. The van der Waals surface area contributed by atoms with Gasteiger partial charge in [-0.25, -0.2) is 0 Å². The van der Waals surface area contributed by atoms with Gasteiger partial charge in [0.2, 0.25) is 5.91 Å². The summed E-state index contributed by atoms with van der Waals surface area (Å²) >= 11 is 0. The molecule has 0 heterocycles. The summed E-state index contributed by atoms with van der Waals surface area (Å²) in [5, 5.41) is 9.20. The molecule has 0 aromatic heterocycles. The molecule has 1 spiro atoms. The van der Waals surface area contributed by atoms with Crippen molar-refractivity contribution in [1.82, 2.24) is 4.90 Å². The molecule has 3 atom stereocenters. The lowest BCUT2D eigenvalue weighted by Crippen LogP contribution is -2.41. The first-order chi connectivity index (χ1) is 11.5. The lowest BCUT2D eigenvalue weighted by Gasteiger charge is -2.29. The van der Waals surface area contributed by atoms with E-state index in [1.807, 2.05) is 4.90 Å². The summed E-state index contributed by atoms with van der Waals surface area (Å²) in [6.45, 7) is 2.05. The van der Waals surface area contributed by atoms with Gasteiger partial charge >= 0.3 is 5.97 Å². The van der Waals surface area contributed by atoms with Gasteiger partial charge in [0, 0.05) is 23.9 Å². The van der Waals surface area contributed by atoms with Crippen LogP contribution in [-0.2, 0) is 21.4 Å². The van der Waals surface area contributed by atoms with Gasteiger partial charge in [0.15, 0.2) is 0 Å². The standard InChI is InChI=1S/C20H25NO3/c1-13(19(23)24)12-21(15-8-9-15)18(22)17-11-20(17)10-4-6-14-5-2-3-7-16(14)20/h2-3,5,7,13,15,17H,4,6,8-12H2,1H3,(H,23,24). The first-order valence-corrected chi connectivity index (χ1v) is 9.14. The molecule has 3 unspecified atom stereocenters. The minimum Gasteiger partial charge on any atom is -0.481 e. The number of carboxylic acids is 1. The van der Waals surface area contributed by atoms with E-state index in [4.69, 9.17) is 0 Å². The summed E-state index contributed by atoms with van der Waals surface area (Å²) in [7, 11) is 0. The van der Waals surface area contributed by atoms with Crippen LogP contribution in [0, 0.1) is 11.8 Å².